The van der Waals surface area contributed by atoms with Crippen LogP contribution in [0.15, 0.2) is 51.7 Å². The fourth-order valence-electron chi connectivity index (χ4n) is 3.90. The SMILES string of the molecule is CCOC(=O)Nc1ccc2c(CN(Cc3ccc(OC)cc3OC)C3CC3)cc(=O)oc2c1. The third-order valence-corrected chi connectivity index (χ3v) is 5.66. The summed E-state index contributed by atoms with van der Waals surface area (Å²) >= 11 is 0. The summed E-state index contributed by atoms with van der Waals surface area (Å²) in [7, 11) is 3.28. The van der Waals surface area contributed by atoms with Crippen LogP contribution in [0, 0.1) is 0 Å². The number of hydrogen-bond donors (Lipinski definition) is 1. The van der Waals surface area contributed by atoms with Gasteiger partial charge in [0.2, 0.25) is 0 Å². The molecule has 0 atom stereocenters. The number of rotatable bonds is 9. The first-order valence-corrected chi connectivity index (χ1v) is 11.0. The van der Waals surface area contributed by atoms with E-state index in [9.17, 15) is 9.59 Å². The lowest BCUT2D eigenvalue weighted by molar-refractivity contribution is 0.168. The van der Waals surface area contributed by atoms with Gasteiger partial charge in [0.25, 0.3) is 0 Å². The Morgan fingerprint density at radius 1 is 1.06 bits per heavy atom. The van der Waals surface area contributed by atoms with Gasteiger partial charge in [-0.25, -0.2) is 9.59 Å². The maximum atomic E-state index is 12.3. The van der Waals surface area contributed by atoms with Crippen molar-refractivity contribution in [1.29, 1.82) is 0 Å². The Labute approximate surface area is 192 Å². The summed E-state index contributed by atoms with van der Waals surface area (Å²) in [5.41, 5.74) is 2.43. The van der Waals surface area contributed by atoms with Gasteiger partial charge in [-0.05, 0) is 43.5 Å². The van der Waals surface area contributed by atoms with Crippen LogP contribution < -0.4 is 20.4 Å². The molecule has 3 aromatic rings. The predicted molar refractivity (Wildman–Crippen MR) is 125 cm³/mol. The highest BCUT2D eigenvalue weighted by molar-refractivity contribution is 5.90. The number of anilines is 1. The number of amides is 1. The molecule has 1 N–H and O–H groups in total. The summed E-state index contributed by atoms with van der Waals surface area (Å²) in [6.07, 6.45) is 1.68. The summed E-state index contributed by atoms with van der Waals surface area (Å²) in [6.45, 7) is 3.28. The number of hydrogen-bond acceptors (Lipinski definition) is 7. The first-order chi connectivity index (χ1) is 16.0. The molecule has 1 fully saturated rings. The number of nitrogens with zero attached hydrogens (tertiary/aromatic N) is 1. The van der Waals surface area contributed by atoms with Crippen molar-refractivity contribution in [3.63, 3.8) is 0 Å². The predicted octanol–water partition coefficient (Wildman–Crippen LogP) is 4.54. The van der Waals surface area contributed by atoms with Crippen molar-refractivity contribution >= 4 is 22.7 Å². The largest absolute Gasteiger partial charge is 0.497 e. The Bertz CT molecular complexity index is 1200. The highest BCUT2D eigenvalue weighted by atomic mass is 16.5. The lowest BCUT2D eigenvalue weighted by Gasteiger charge is -2.24. The van der Waals surface area contributed by atoms with Crippen LogP contribution in [0.25, 0.3) is 11.0 Å². The molecule has 1 aliphatic carbocycles. The topological polar surface area (TPSA) is 90.2 Å². The average molecular weight is 453 g/mol. The van der Waals surface area contributed by atoms with Gasteiger partial charge in [0.1, 0.15) is 17.1 Å². The van der Waals surface area contributed by atoms with E-state index in [4.69, 9.17) is 18.6 Å². The van der Waals surface area contributed by atoms with Gasteiger partial charge in [-0.15, -0.1) is 0 Å². The van der Waals surface area contributed by atoms with Gasteiger partial charge >= 0.3 is 11.7 Å². The molecule has 1 amide bonds. The Kier molecular flexibility index (Phi) is 6.84. The minimum atomic E-state index is -0.552. The molecule has 4 rings (SSSR count). The molecule has 0 unspecified atom stereocenters. The fourth-order valence-corrected chi connectivity index (χ4v) is 3.90. The first kappa shape index (κ1) is 22.7. The third kappa shape index (κ3) is 5.46. The van der Waals surface area contributed by atoms with Crippen LogP contribution in [0.4, 0.5) is 10.5 Å². The number of carbonyl (C=O) groups excluding carboxylic acids is 1. The molecule has 0 aliphatic heterocycles. The molecule has 1 heterocycles. The summed E-state index contributed by atoms with van der Waals surface area (Å²) < 4.78 is 21.2. The second-order valence-electron chi connectivity index (χ2n) is 7.96. The van der Waals surface area contributed by atoms with E-state index in [1.807, 2.05) is 24.3 Å². The molecule has 174 valence electrons. The van der Waals surface area contributed by atoms with Gasteiger partial charge in [0.15, 0.2) is 0 Å². The van der Waals surface area contributed by atoms with Gasteiger partial charge < -0.3 is 18.6 Å². The highest BCUT2D eigenvalue weighted by Gasteiger charge is 2.30. The number of methoxy groups -OCH3 is 2. The average Bonchev–Trinajstić information content (AvgIpc) is 3.64. The molecule has 2 aromatic carbocycles. The quantitative estimate of drug-likeness (QED) is 0.477. The number of benzene rings is 2. The van der Waals surface area contributed by atoms with Gasteiger partial charge in [-0.3, -0.25) is 10.2 Å². The molecular formula is C25H28N2O6. The molecule has 0 spiro atoms. The Hall–Kier alpha value is -3.52. The second-order valence-corrected chi connectivity index (χ2v) is 7.96. The zero-order chi connectivity index (χ0) is 23.4. The first-order valence-electron chi connectivity index (χ1n) is 11.0. The Morgan fingerprint density at radius 3 is 2.55 bits per heavy atom. The zero-order valence-corrected chi connectivity index (χ0v) is 19.1. The maximum Gasteiger partial charge on any atom is 0.411 e. The monoisotopic (exact) mass is 452 g/mol. The molecular weight excluding hydrogens is 424 g/mol. The highest BCUT2D eigenvalue weighted by Crippen LogP contribution is 2.34. The standard InChI is InChI=1S/C25H28N2O6/c1-4-32-25(29)26-18-6-10-21-17(11-24(28)33-23(21)12-18)15-27(19-7-8-19)14-16-5-9-20(30-2)13-22(16)31-3/h5-6,9-13,19H,4,7-8,14-15H2,1-3H3,(H,26,29). The summed E-state index contributed by atoms with van der Waals surface area (Å²) in [4.78, 5) is 26.4. The summed E-state index contributed by atoms with van der Waals surface area (Å²) in [5.74, 6) is 1.51. The molecule has 0 radical (unpaired) electrons. The van der Waals surface area contributed by atoms with Crippen LogP contribution in [-0.2, 0) is 17.8 Å². The summed E-state index contributed by atoms with van der Waals surface area (Å²) in [6, 6.07) is 13.1. The van der Waals surface area contributed by atoms with Gasteiger partial charge in [-0.2, -0.15) is 0 Å². The van der Waals surface area contributed by atoms with E-state index in [1.54, 1.807) is 39.3 Å². The van der Waals surface area contributed by atoms with Crippen LogP contribution in [0.5, 0.6) is 11.5 Å². The van der Waals surface area contributed by atoms with Crippen LogP contribution in [0.2, 0.25) is 0 Å². The number of nitrogens with one attached hydrogen (secondary N) is 1. The van der Waals surface area contributed by atoms with Crippen molar-refractivity contribution in [2.45, 2.75) is 38.9 Å². The van der Waals surface area contributed by atoms with Crippen molar-refractivity contribution in [2.75, 3.05) is 26.1 Å². The number of carbonyl (C=O) groups is 1. The van der Waals surface area contributed by atoms with Crippen molar-refractivity contribution in [2.24, 2.45) is 0 Å². The van der Waals surface area contributed by atoms with E-state index in [0.717, 1.165) is 40.9 Å². The van der Waals surface area contributed by atoms with Crippen LogP contribution in [0.1, 0.15) is 30.9 Å². The number of ether oxygens (including phenoxy) is 3. The van der Waals surface area contributed by atoms with E-state index >= 15 is 0 Å². The van der Waals surface area contributed by atoms with Crippen LogP contribution in [-0.4, -0.2) is 37.9 Å². The van der Waals surface area contributed by atoms with Crippen molar-refractivity contribution in [1.82, 2.24) is 4.90 Å². The second kappa shape index (κ2) is 9.95. The van der Waals surface area contributed by atoms with E-state index < -0.39 is 11.7 Å². The number of fused-ring (bicyclic) bond motifs is 1. The molecule has 1 aromatic heterocycles. The van der Waals surface area contributed by atoms with E-state index in [1.165, 1.54) is 0 Å². The van der Waals surface area contributed by atoms with Crippen LogP contribution in [0.3, 0.4) is 0 Å². The smallest absolute Gasteiger partial charge is 0.411 e. The van der Waals surface area contributed by atoms with E-state index in [0.29, 0.717) is 30.4 Å². The maximum absolute atomic E-state index is 12.3. The van der Waals surface area contributed by atoms with Crippen molar-refractivity contribution in [3.05, 3.63) is 64.0 Å². The van der Waals surface area contributed by atoms with Gasteiger partial charge in [-0.1, -0.05) is 6.07 Å². The molecule has 8 nitrogen and oxygen atoms in total. The van der Waals surface area contributed by atoms with Crippen molar-refractivity contribution in [3.8, 4) is 11.5 Å². The van der Waals surface area contributed by atoms with Crippen molar-refractivity contribution < 1.29 is 23.4 Å². The van der Waals surface area contributed by atoms with E-state index in [-0.39, 0.29) is 6.61 Å². The molecule has 33 heavy (non-hydrogen) atoms. The molecule has 0 saturated heterocycles. The third-order valence-electron chi connectivity index (χ3n) is 5.66. The molecule has 0 bridgehead atoms. The van der Waals surface area contributed by atoms with E-state index in [2.05, 4.69) is 10.2 Å². The Balaban J connectivity index is 1.61. The van der Waals surface area contributed by atoms with Crippen LogP contribution >= 0.6 is 0 Å². The van der Waals surface area contributed by atoms with Gasteiger partial charge in [0.05, 0.1) is 20.8 Å². The molecule has 1 saturated carbocycles. The summed E-state index contributed by atoms with van der Waals surface area (Å²) in [5, 5.41) is 3.47. The minimum Gasteiger partial charge on any atom is -0.497 e. The molecule has 1 aliphatic rings. The van der Waals surface area contributed by atoms with Gasteiger partial charge in [0, 0.05) is 54.0 Å². The lowest BCUT2D eigenvalue weighted by Crippen LogP contribution is -2.26. The fraction of sp³-hybridized carbons (Fsp3) is 0.360. The zero-order valence-electron chi connectivity index (χ0n) is 19.1. The molecule has 8 heteroatoms. The minimum absolute atomic E-state index is 0.272. The lowest BCUT2D eigenvalue weighted by atomic mass is 10.1. The normalized spacial score (nSPS) is 13.2. The Morgan fingerprint density at radius 2 is 1.85 bits per heavy atom.